The lowest BCUT2D eigenvalue weighted by molar-refractivity contribution is 0.0977. The molecule has 1 aromatic rings. The molecule has 0 heterocycles. The lowest BCUT2D eigenvalue weighted by Crippen LogP contribution is -2.07. The minimum absolute atomic E-state index is 0.0538. The fraction of sp³-hybridized carbons (Fsp3) is 0.462. The molecule has 0 bridgehead atoms. The zero-order valence-corrected chi connectivity index (χ0v) is 10.6. The first-order chi connectivity index (χ1) is 8.15. The topological polar surface area (TPSA) is 61.5 Å². The summed E-state index contributed by atoms with van der Waals surface area (Å²) >= 11 is 0. The lowest BCUT2D eigenvalue weighted by atomic mass is 10.0. The maximum atomic E-state index is 12.0. The van der Waals surface area contributed by atoms with Crippen molar-refractivity contribution in [1.82, 2.24) is 0 Å². The molecule has 1 rings (SSSR count). The molecule has 94 valence electrons. The van der Waals surface area contributed by atoms with Crippen LogP contribution in [0.25, 0.3) is 0 Å². The van der Waals surface area contributed by atoms with Gasteiger partial charge in [0.1, 0.15) is 11.5 Å². The molecule has 0 atom stereocenters. The normalized spacial score (nSPS) is 10.1. The Hall–Kier alpha value is -1.55. The minimum atomic E-state index is 0.0538. The van der Waals surface area contributed by atoms with Crippen molar-refractivity contribution in [2.24, 2.45) is 5.73 Å². The monoisotopic (exact) mass is 237 g/mol. The molecule has 2 N–H and O–H groups in total. The van der Waals surface area contributed by atoms with E-state index in [0.717, 1.165) is 11.3 Å². The van der Waals surface area contributed by atoms with E-state index in [-0.39, 0.29) is 5.78 Å². The van der Waals surface area contributed by atoms with Gasteiger partial charge in [0.2, 0.25) is 0 Å². The molecule has 0 aliphatic heterocycles. The van der Waals surface area contributed by atoms with Crippen molar-refractivity contribution in [3.8, 4) is 11.5 Å². The van der Waals surface area contributed by atoms with Crippen LogP contribution < -0.4 is 15.2 Å². The molecule has 0 unspecified atom stereocenters. The molecule has 17 heavy (non-hydrogen) atoms. The van der Waals surface area contributed by atoms with Gasteiger partial charge in [-0.3, -0.25) is 4.79 Å². The Kier molecular flexibility index (Phi) is 4.97. The van der Waals surface area contributed by atoms with Crippen LogP contribution in [-0.4, -0.2) is 26.5 Å². The van der Waals surface area contributed by atoms with Crippen LogP contribution in [0.4, 0.5) is 0 Å². The van der Waals surface area contributed by atoms with E-state index in [2.05, 4.69) is 0 Å². The third-order valence-corrected chi connectivity index (χ3v) is 2.69. The van der Waals surface area contributed by atoms with E-state index >= 15 is 0 Å². The Morgan fingerprint density at radius 2 is 2.00 bits per heavy atom. The van der Waals surface area contributed by atoms with Crippen LogP contribution in [0, 0.1) is 6.92 Å². The second-order valence-electron chi connectivity index (χ2n) is 3.79. The number of hydrogen-bond acceptors (Lipinski definition) is 4. The second kappa shape index (κ2) is 6.25. The highest BCUT2D eigenvalue weighted by atomic mass is 16.5. The molecule has 0 aromatic heterocycles. The fourth-order valence-electron chi connectivity index (χ4n) is 1.77. The third-order valence-electron chi connectivity index (χ3n) is 2.69. The van der Waals surface area contributed by atoms with E-state index in [1.807, 2.05) is 6.92 Å². The number of Topliss-reactive ketones (excluding diaryl/α,β-unsaturated/α-hetero) is 1. The van der Waals surface area contributed by atoms with Gasteiger partial charge in [0.15, 0.2) is 5.78 Å². The smallest absolute Gasteiger partial charge is 0.166 e. The third kappa shape index (κ3) is 2.97. The van der Waals surface area contributed by atoms with Crippen LogP contribution >= 0.6 is 0 Å². The highest BCUT2D eigenvalue weighted by Crippen LogP contribution is 2.32. The molecule has 0 radical (unpaired) electrons. The number of carbonyl (C=O) groups excluding carboxylic acids is 1. The van der Waals surface area contributed by atoms with Crippen molar-refractivity contribution in [2.45, 2.75) is 19.8 Å². The maximum Gasteiger partial charge on any atom is 0.166 e. The molecule has 0 spiro atoms. The van der Waals surface area contributed by atoms with E-state index in [1.165, 1.54) is 0 Å². The summed E-state index contributed by atoms with van der Waals surface area (Å²) in [6, 6.07) is 3.52. The van der Waals surface area contributed by atoms with Gasteiger partial charge >= 0.3 is 0 Å². The number of ether oxygens (including phenoxy) is 2. The summed E-state index contributed by atoms with van der Waals surface area (Å²) in [5.41, 5.74) is 6.84. The number of benzene rings is 1. The Balaban J connectivity index is 3.07. The first-order valence-corrected chi connectivity index (χ1v) is 5.60. The van der Waals surface area contributed by atoms with E-state index in [9.17, 15) is 4.79 Å². The Bertz CT molecular complexity index is 402. The van der Waals surface area contributed by atoms with Gasteiger partial charge < -0.3 is 15.2 Å². The molecule has 4 heteroatoms. The quantitative estimate of drug-likeness (QED) is 0.768. The van der Waals surface area contributed by atoms with Gasteiger partial charge in [-0.1, -0.05) is 0 Å². The van der Waals surface area contributed by atoms with Gasteiger partial charge in [-0.15, -0.1) is 0 Å². The summed E-state index contributed by atoms with van der Waals surface area (Å²) in [6.45, 7) is 2.39. The van der Waals surface area contributed by atoms with Crippen LogP contribution in [0.2, 0.25) is 0 Å². The maximum absolute atomic E-state index is 12.0. The van der Waals surface area contributed by atoms with Gasteiger partial charge in [0, 0.05) is 12.0 Å². The van der Waals surface area contributed by atoms with E-state index in [4.69, 9.17) is 15.2 Å². The SMILES string of the molecule is COc1ccc(C(=O)CCCN)c(OC)c1C. The van der Waals surface area contributed by atoms with Crippen molar-refractivity contribution < 1.29 is 14.3 Å². The van der Waals surface area contributed by atoms with Crippen LogP contribution in [-0.2, 0) is 0 Å². The summed E-state index contributed by atoms with van der Waals surface area (Å²) in [6.07, 6.45) is 1.13. The van der Waals surface area contributed by atoms with Crippen LogP contribution in [0.1, 0.15) is 28.8 Å². The first-order valence-electron chi connectivity index (χ1n) is 5.60. The number of methoxy groups -OCH3 is 2. The van der Waals surface area contributed by atoms with Crippen LogP contribution in [0.15, 0.2) is 12.1 Å². The van der Waals surface area contributed by atoms with Gasteiger partial charge in [-0.25, -0.2) is 0 Å². The molecule has 0 fully saturated rings. The average Bonchev–Trinajstić information content (AvgIpc) is 2.35. The molecule has 0 aliphatic rings. The van der Waals surface area contributed by atoms with Crippen LogP contribution in [0.5, 0.6) is 11.5 Å². The summed E-state index contributed by atoms with van der Waals surface area (Å²) < 4.78 is 10.5. The zero-order valence-electron chi connectivity index (χ0n) is 10.6. The Morgan fingerprint density at radius 1 is 1.29 bits per heavy atom. The molecule has 0 amide bonds. The number of ketones is 1. The van der Waals surface area contributed by atoms with Crippen molar-refractivity contribution in [3.05, 3.63) is 23.3 Å². The minimum Gasteiger partial charge on any atom is -0.496 e. The lowest BCUT2D eigenvalue weighted by Gasteiger charge is -2.13. The van der Waals surface area contributed by atoms with E-state index in [0.29, 0.717) is 30.7 Å². The Morgan fingerprint density at radius 3 is 2.53 bits per heavy atom. The van der Waals surface area contributed by atoms with E-state index in [1.54, 1.807) is 26.4 Å². The molecular weight excluding hydrogens is 218 g/mol. The van der Waals surface area contributed by atoms with Gasteiger partial charge in [0.25, 0.3) is 0 Å². The summed E-state index contributed by atoms with van der Waals surface area (Å²) in [7, 11) is 3.15. The van der Waals surface area contributed by atoms with E-state index < -0.39 is 0 Å². The number of carbonyl (C=O) groups is 1. The predicted octanol–water partition coefficient (Wildman–Crippen LogP) is 1.93. The van der Waals surface area contributed by atoms with Gasteiger partial charge in [-0.05, 0) is 32.0 Å². The van der Waals surface area contributed by atoms with Crippen molar-refractivity contribution >= 4 is 5.78 Å². The summed E-state index contributed by atoms with van der Waals surface area (Å²) in [5, 5.41) is 0. The average molecular weight is 237 g/mol. The number of rotatable bonds is 6. The predicted molar refractivity (Wildman–Crippen MR) is 66.9 cm³/mol. The molecular formula is C13H19NO3. The molecule has 4 nitrogen and oxygen atoms in total. The molecule has 1 aromatic carbocycles. The first kappa shape index (κ1) is 13.5. The number of hydrogen-bond donors (Lipinski definition) is 1. The zero-order chi connectivity index (χ0) is 12.8. The highest BCUT2D eigenvalue weighted by molar-refractivity contribution is 5.99. The van der Waals surface area contributed by atoms with Crippen molar-refractivity contribution in [2.75, 3.05) is 20.8 Å². The van der Waals surface area contributed by atoms with Crippen LogP contribution in [0.3, 0.4) is 0 Å². The summed E-state index contributed by atoms with van der Waals surface area (Å²) in [5.74, 6) is 1.36. The van der Waals surface area contributed by atoms with Crippen molar-refractivity contribution in [3.63, 3.8) is 0 Å². The second-order valence-corrected chi connectivity index (χ2v) is 3.79. The number of nitrogens with two attached hydrogens (primary N) is 1. The van der Waals surface area contributed by atoms with Gasteiger partial charge in [0.05, 0.1) is 19.8 Å². The summed E-state index contributed by atoms with van der Waals surface area (Å²) in [4.78, 5) is 12.0. The largest absolute Gasteiger partial charge is 0.496 e. The highest BCUT2D eigenvalue weighted by Gasteiger charge is 2.16. The molecule has 0 saturated carbocycles. The fourth-order valence-corrected chi connectivity index (χ4v) is 1.77. The molecule has 0 aliphatic carbocycles. The Labute approximate surface area is 102 Å². The molecule has 0 saturated heterocycles. The van der Waals surface area contributed by atoms with Gasteiger partial charge in [-0.2, -0.15) is 0 Å². The van der Waals surface area contributed by atoms with Crippen molar-refractivity contribution in [1.29, 1.82) is 0 Å². The standard InChI is InChI=1S/C13H19NO3/c1-9-12(16-2)7-6-10(13(9)17-3)11(15)5-4-8-14/h6-7H,4-5,8,14H2,1-3H3.